The molecule has 0 heterocycles. The summed E-state index contributed by atoms with van der Waals surface area (Å²) in [5, 5.41) is 3.64. The van der Waals surface area contributed by atoms with Gasteiger partial charge in [-0.2, -0.15) is 0 Å². The molecule has 0 saturated carbocycles. The van der Waals surface area contributed by atoms with Gasteiger partial charge in [-0.3, -0.25) is 0 Å². The van der Waals surface area contributed by atoms with Gasteiger partial charge < -0.3 is 10.1 Å². The minimum Gasteiger partial charge on any atom is -0.382 e. The normalized spacial score (nSPS) is 15.2. The Labute approximate surface area is 102 Å². The third-order valence-corrected chi connectivity index (χ3v) is 3.62. The predicted octanol–water partition coefficient (Wildman–Crippen LogP) is 3.61. The zero-order valence-corrected chi connectivity index (χ0v) is 12.3. The molecule has 0 spiro atoms. The number of rotatable bonds is 7. The van der Waals surface area contributed by atoms with Crippen LogP contribution in [0.2, 0.25) is 0 Å². The summed E-state index contributed by atoms with van der Waals surface area (Å²) < 4.78 is 5.41. The smallest absolute Gasteiger partial charge is 0.0549 e. The fourth-order valence-electron chi connectivity index (χ4n) is 2.01. The molecule has 0 fully saturated rings. The number of hydrogen-bond donors (Lipinski definition) is 1. The molecular formula is C14H31NO. The molecule has 2 nitrogen and oxygen atoms in total. The van der Waals surface area contributed by atoms with Crippen LogP contribution in [0.1, 0.15) is 60.8 Å². The predicted molar refractivity (Wildman–Crippen MR) is 71.9 cm³/mol. The van der Waals surface area contributed by atoms with Gasteiger partial charge in [0.25, 0.3) is 0 Å². The minimum atomic E-state index is 0.200. The maximum Gasteiger partial charge on any atom is 0.0549 e. The highest BCUT2D eigenvalue weighted by Crippen LogP contribution is 2.32. The Morgan fingerprint density at radius 1 is 1.12 bits per heavy atom. The van der Waals surface area contributed by atoms with Gasteiger partial charge >= 0.3 is 0 Å². The van der Waals surface area contributed by atoms with E-state index >= 15 is 0 Å². The van der Waals surface area contributed by atoms with E-state index in [0.29, 0.717) is 11.5 Å². The fourth-order valence-corrected chi connectivity index (χ4v) is 2.01. The van der Waals surface area contributed by atoms with Gasteiger partial charge in [0.15, 0.2) is 0 Å². The minimum absolute atomic E-state index is 0.200. The first kappa shape index (κ1) is 15.9. The largest absolute Gasteiger partial charge is 0.382 e. The van der Waals surface area contributed by atoms with E-state index in [-0.39, 0.29) is 5.54 Å². The molecule has 1 N–H and O–H groups in total. The molecule has 0 saturated heterocycles. The van der Waals surface area contributed by atoms with Crippen LogP contribution in [0.4, 0.5) is 0 Å². The Bertz CT molecular complexity index is 180. The van der Waals surface area contributed by atoms with Crippen molar-refractivity contribution in [3.05, 3.63) is 0 Å². The molecule has 0 bridgehead atoms. The molecule has 2 heteroatoms. The van der Waals surface area contributed by atoms with Crippen LogP contribution in [-0.4, -0.2) is 25.3 Å². The van der Waals surface area contributed by atoms with Gasteiger partial charge in [0.1, 0.15) is 0 Å². The van der Waals surface area contributed by atoms with E-state index in [4.69, 9.17) is 4.74 Å². The van der Waals surface area contributed by atoms with Crippen LogP contribution in [-0.2, 0) is 4.74 Å². The lowest BCUT2D eigenvalue weighted by molar-refractivity contribution is 0.0562. The SMILES string of the molecule is CCC(CC)(CNC(C)(C)C)CC(C)OC. The molecule has 0 amide bonds. The summed E-state index contributed by atoms with van der Waals surface area (Å²) in [6.07, 6.45) is 3.90. The van der Waals surface area contributed by atoms with Crippen LogP contribution < -0.4 is 5.32 Å². The molecule has 0 aromatic carbocycles. The maximum absolute atomic E-state index is 5.41. The molecule has 0 aliphatic heterocycles. The summed E-state index contributed by atoms with van der Waals surface area (Å²) in [5.41, 5.74) is 0.578. The van der Waals surface area contributed by atoms with Crippen molar-refractivity contribution in [3.8, 4) is 0 Å². The third-order valence-electron chi connectivity index (χ3n) is 3.62. The van der Waals surface area contributed by atoms with E-state index in [1.165, 1.54) is 12.8 Å². The molecule has 0 aliphatic carbocycles. The standard InChI is InChI=1S/C14H31NO/c1-8-14(9-2,10-12(3)16-7)11-15-13(4,5)6/h12,15H,8-11H2,1-7H3. The zero-order chi connectivity index (χ0) is 12.8. The third kappa shape index (κ3) is 5.86. The number of ether oxygens (including phenoxy) is 1. The lowest BCUT2D eigenvalue weighted by Crippen LogP contribution is -2.44. The van der Waals surface area contributed by atoms with Crippen LogP contribution >= 0.6 is 0 Å². The average Bonchev–Trinajstić information content (AvgIpc) is 2.23. The van der Waals surface area contributed by atoms with Crippen LogP contribution in [0.25, 0.3) is 0 Å². The number of methoxy groups -OCH3 is 1. The van der Waals surface area contributed by atoms with Crippen molar-refractivity contribution in [2.75, 3.05) is 13.7 Å². The highest BCUT2D eigenvalue weighted by molar-refractivity contribution is 4.84. The first-order chi connectivity index (χ1) is 7.28. The quantitative estimate of drug-likeness (QED) is 0.720. The van der Waals surface area contributed by atoms with Crippen molar-refractivity contribution in [2.24, 2.45) is 5.41 Å². The Balaban J connectivity index is 4.43. The first-order valence-electron chi connectivity index (χ1n) is 6.56. The van der Waals surface area contributed by atoms with E-state index in [9.17, 15) is 0 Å². The van der Waals surface area contributed by atoms with Crippen molar-refractivity contribution in [3.63, 3.8) is 0 Å². The Morgan fingerprint density at radius 3 is 1.94 bits per heavy atom. The summed E-state index contributed by atoms with van der Waals surface area (Å²) >= 11 is 0. The molecule has 1 unspecified atom stereocenters. The number of nitrogens with one attached hydrogen (secondary N) is 1. The molecule has 16 heavy (non-hydrogen) atoms. The molecule has 98 valence electrons. The lowest BCUT2D eigenvalue weighted by atomic mass is 9.77. The van der Waals surface area contributed by atoms with Crippen LogP contribution in [0.3, 0.4) is 0 Å². The molecular weight excluding hydrogens is 198 g/mol. The summed E-state index contributed by atoms with van der Waals surface area (Å²) in [4.78, 5) is 0. The van der Waals surface area contributed by atoms with Crippen molar-refractivity contribution in [1.29, 1.82) is 0 Å². The second-order valence-electron chi connectivity index (χ2n) is 6.06. The van der Waals surface area contributed by atoms with E-state index in [1.807, 2.05) is 0 Å². The van der Waals surface area contributed by atoms with Gasteiger partial charge in [-0.25, -0.2) is 0 Å². The molecule has 1 atom stereocenters. The highest BCUT2D eigenvalue weighted by atomic mass is 16.5. The van der Waals surface area contributed by atoms with Gasteiger partial charge in [-0.1, -0.05) is 13.8 Å². The van der Waals surface area contributed by atoms with Gasteiger partial charge in [-0.05, 0) is 52.4 Å². The Hall–Kier alpha value is -0.0800. The maximum atomic E-state index is 5.41. The Kier molecular flexibility index (Phi) is 6.57. The highest BCUT2D eigenvalue weighted by Gasteiger charge is 2.29. The number of hydrogen-bond acceptors (Lipinski definition) is 2. The van der Waals surface area contributed by atoms with Crippen LogP contribution in [0, 0.1) is 5.41 Å². The molecule has 0 radical (unpaired) electrons. The van der Waals surface area contributed by atoms with Crippen molar-refractivity contribution >= 4 is 0 Å². The van der Waals surface area contributed by atoms with E-state index in [0.717, 1.165) is 13.0 Å². The lowest BCUT2D eigenvalue weighted by Gasteiger charge is -2.37. The van der Waals surface area contributed by atoms with Crippen LogP contribution in [0.5, 0.6) is 0 Å². The molecule has 0 rings (SSSR count). The van der Waals surface area contributed by atoms with Gasteiger partial charge in [0, 0.05) is 19.2 Å². The molecule has 0 aromatic rings. The first-order valence-corrected chi connectivity index (χ1v) is 6.56. The molecule has 0 aliphatic rings. The zero-order valence-electron chi connectivity index (χ0n) is 12.3. The topological polar surface area (TPSA) is 21.3 Å². The second kappa shape index (κ2) is 6.61. The van der Waals surface area contributed by atoms with Crippen molar-refractivity contribution in [1.82, 2.24) is 5.32 Å². The van der Waals surface area contributed by atoms with E-state index < -0.39 is 0 Å². The van der Waals surface area contributed by atoms with Crippen molar-refractivity contribution in [2.45, 2.75) is 72.4 Å². The molecule has 0 aromatic heterocycles. The summed E-state index contributed by atoms with van der Waals surface area (Å²) in [6.45, 7) is 14.5. The fraction of sp³-hybridized carbons (Fsp3) is 1.00. The van der Waals surface area contributed by atoms with Crippen molar-refractivity contribution < 1.29 is 4.74 Å². The average molecular weight is 229 g/mol. The Morgan fingerprint density at radius 2 is 1.62 bits per heavy atom. The van der Waals surface area contributed by atoms with Gasteiger partial charge in [-0.15, -0.1) is 0 Å². The van der Waals surface area contributed by atoms with Gasteiger partial charge in [0.05, 0.1) is 6.10 Å². The van der Waals surface area contributed by atoms with Gasteiger partial charge in [0.2, 0.25) is 0 Å². The summed E-state index contributed by atoms with van der Waals surface area (Å²) in [7, 11) is 1.80. The monoisotopic (exact) mass is 229 g/mol. The van der Waals surface area contributed by atoms with Crippen LogP contribution in [0.15, 0.2) is 0 Å². The van der Waals surface area contributed by atoms with E-state index in [2.05, 4.69) is 46.9 Å². The van der Waals surface area contributed by atoms with E-state index in [1.54, 1.807) is 7.11 Å². The summed E-state index contributed by atoms with van der Waals surface area (Å²) in [5.74, 6) is 0. The summed E-state index contributed by atoms with van der Waals surface area (Å²) in [6, 6.07) is 0. The second-order valence-corrected chi connectivity index (χ2v) is 6.06.